The van der Waals surface area contributed by atoms with Crippen LogP contribution in [0.15, 0.2) is 48.5 Å². The van der Waals surface area contributed by atoms with Gasteiger partial charge >= 0.3 is 6.03 Å². The number of hydrogen-bond donors (Lipinski definition) is 1. The normalized spacial score (nSPS) is 24.3. The lowest BCUT2D eigenvalue weighted by atomic mass is 9.96. The van der Waals surface area contributed by atoms with Crippen LogP contribution in [0.1, 0.15) is 38.3 Å². The van der Waals surface area contributed by atoms with Gasteiger partial charge < -0.3 is 19.9 Å². The van der Waals surface area contributed by atoms with Crippen LogP contribution in [0.4, 0.5) is 9.18 Å². The fourth-order valence-electron chi connectivity index (χ4n) is 5.34. The number of ether oxygens (including phenoxy) is 1. The largest absolute Gasteiger partial charge is 0.493 e. The quantitative estimate of drug-likeness (QED) is 0.618. The van der Waals surface area contributed by atoms with E-state index in [0.717, 1.165) is 29.8 Å². The van der Waals surface area contributed by atoms with Gasteiger partial charge in [0, 0.05) is 31.7 Å². The van der Waals surface area contributed by atoms with Crippen molar-refractivity contribution >= 4 is 6.03 Å². The van der Waals surface area contributed by atoms with Crippen LogP contribution in [-0.4, -0.2) is 48.1 Å². The lowest BCUT2D eigenvalue weighted by molar-refractivity contribution is 0.120. The van der Waals surface area contributed by atoms with E-state index in [9.17, 15) is 9.18 Å². The molecule has 1 saturated heterocycles. The lowest BCUT2D eigenvalue weighted by Crippen LogP contribution is -2.50. The molecule has 0 radical (unpaired) electrons. The minimum absolute atomic E-state index is 0.0631. The molecule has 1 aliphatic carbocycles. The van der Waals surface area contributed by atoms with Crippen molar-refractivity contribution in [1.29, 1.82) is 0 Å². The summed E-state index contributed by atoms with van der Waals surface area (Å²) in [5.74, 6) is 2.09. The molecule has 2 amide bonds. The number of nitrogens with zero attached hydrogens (tertiary/aromatic N) is 2. The Labute approximate surface area is 196 Å². The van der Waals surface area contributed by atoms with Gasteiger partial charge in [0.15, 0.2) is 0 Å². The van der Waals surface area contributed by atoms with Crippen LogP contribution in [-0.2, 0) is 13.1 Å². The third-order valence-electron chi connectivity index (χ3n) is 7.20. The van der Waals surface area contributed by atoms with Crippen molar-refractivity contribution in [3.63, 3.8) is 0 Å². The van der Waals surface area contributed by atoms with E-state index in [2.05, 4.69) is 38.0 Å². The molecule has 2 fully saturated rings. The van der Waals surface area contributed by atoms with E-state index in [0.29, 0.717) is 43.5 Å². The van der Waals surface area contributed by atoms with Crippen LogP contribution >= 0.6 is 0 Å². The average Bonchev–Trinajstić information content (AvgIpc) is 3.26. The van der Waals surface area contributed by atoms with E-state index in [-0.39, 0.29) is 17.9 Å². The lowest BCUT2D eigenvalue weighted by Gasteiger charge is -2.37. The topological polar surface area (TPSA) is 44.8 Å². The maximum absolute atomic E-state index is 13.4. The van der Waals surface area contributed by atoms with Crippen molar-refractivity contribution in [3.05, 3.63) is 65.5 Å². The van der Waals surface area contributed by atoms with Gasteiger partial charge in [-0.15, -0.1) is 0 Å². The molecule has 4 rings (SSSR count). The summed E-state index contributed by atoms with van der Waals surface area (Å²) in [6, 6.07) is 15.0. The van der Waals surface area contributed by atoms with Gasteiger partial charge in [0.1, 0.15) is 11.6 Å². The number of likely N-dealkylation sites (tertiary alicyclic amines) is 1. The van der Waals surface area contributed by atoms with Gasteiger partial charge in [0.2, 0.25) is 0 Å². The van der Waals surface area contributed by atoms with E-state index < -0.39 is 0 Å². The number of nitrogens with one attached hydrogen (secondary N) is 1. The van der Waals surface area contributed by atoms with Crippen LogP contribution in [0.5, 0.6) is 5.75 Å². The average molecular weight is 454 g/mol. The monoisotopic (exact) mass is 453 g/mol. The Hall–Kier alpha value is -2.60. The molecule has 2 aromatic carbocycles. The van der Waals surface area contributed by atoms with Crippen molar-refractivity contribution in [1.82, 2.24) is 15.1 Å². The maximum atomic E-state index is 13.4. The number of amides is 2. The predicted molar refractivity (Wildman–Crippen MR) is 128 cm³/mol. The van der Waals surface area contributed by atoms with E-state index in [1.165, 1.54) is 12.1 Å². The number of hydrogen-bond acceptors (Lipinski definition) is 3. The van der Waals surface area contributed by atoms with E-state index in [1.54, 1.807) is 12.1 Å². The zero-order chi connectivity index (χ0) is 23.5. The summed E-state index contributed by atoms with van der Waals surface area (Å²) in [5, 5.41) is 3.12. The van der Waals surface area contributed by atoms with Crippen molar-refractivity contribution in [2.45, 2.75) is 52.4 Å². The summed E-state index contributed by atoms with van der Waals surface area (Å²) in [7, 11) is 2.18. The fraction of sp³-hybridized carbons (Fsp3) is 0.519. The van der Waals surface area contributed by atoms with Gasteiger partial charge in [0.25, 0.3) is 0 Å². The van der Waals surface area contributed by atoms with E-state index in [4.69, 9.17) is 4.74 Å². The number of halogens is 1. The highest BCUT2D eigenvalue weighted by atomic mass is 19.1. The Morgan fingerprint density at radius 2 is 1.82 bits per heavy atom. The number of fused-ring (bicyclic) bond motifs is 2. The summed E-state index contributed by atoms with van der Waals surface area (Å²) in [6.45, 7) is 9.19. The fourth-order valence-corrected chi connectivity index (χ4v) is 5.34. The van der Waals surface area contributed by atoms with Crippen molar-refractivity contribution in [2.24, 2.45) is 17.8 Å². The molecule has 2 aromatic rings. The first-order chi connectivity index (χ1) is 15.8. The maximum Gasteiger partial charge on any atom is 0.318 e. The molecule has 1 saturated carbocycles. The van der Waals surface area contributed by atoms with Gasteiger partial charge in [-0.25, -0.2) is 9.18 Å². The van der Waals surface area contributed by atoms with Crippen LogP contribution in [0.2, 0.25) is 0 Å². The molecule has 33 heavy (non-hydrogen) atoms. The van der Waals surface area contributed by atoms with Crippen LogP contribution in [0.25, 0.3) is 0 Å². The predicted octanol–water partition coefficient (Wildman–Crippen LogP) is 4.91. The summed E-state index contributed by atoms with van der Waals surface area (Å²) in [6.07, 6.45) is 0.985. The Bertz CT molecular complexity index is 931. The highest BCUT2D eigenvalue weighted by molar-refractivity contribution is 5.74. The Morgan fingerprint density at radius 1 is 1.15 bits per heavy atom. The molecule has 1 aliphatic heterocycles. The molecule has 5 nitrogen and oxygen atoms in total. The third kappa shape index (κ3) is 5.49. The highest BCUT2D eigenvalue weighted by Crippen LogP contribution is 2.44. The molecular weight excluding hydrogens is 417 g/mol. The number of carbonyl (C=O) groups is 1. The SMILES string of the molecule is CC(C)COc1ccc(CNC(=O)N(Cc2ccc(F)cc2)[C@H]2C[C@@H]3C(C)[C@H]2CN3C)cc1. The Kier molecular flexibility index (Phi) is 7.23. The Morgan fingerprint density at radius 3 is 2.39 bits per heavy atom. The van der Waals surface area contributed by atoms with Crippen molar-refractivity contribution in [2.75, 3.05) is 20.2 Å². The molecule has 178 valence electrons. The first kappa shape index (κ1) is 23.6. The minimum atomic E-state index is -0.259. The third-order valence-corrected chi connectivity index (χ3v) is 7.20. The molecule has 1 N–H and O–H groups in total. The molecular formula is C27H36FN3O2. The molecule has 1 unspecified atom stereocenters. The first-order valence-corrected chi connectivity index (χ1v) is 12.0. The standard InChI is InChI=1S/C27H36FN3O2/c1-18(2)17-33-23-11-7-20(8-12-23)14-29-27(32)31(15-21-5-9-22(28)10-6-21)26-13-25-19(3)24(26)16-30(25)4/h5-12,18-19,24-26H,13-17H2,1-4H3,(H,29,32)/t19?,24-,25-,26+/m1/s1. The zero-order valence-electron chi connectivity index (χ0n) is 20.1. The zero-order valence-corrected chi connectivity index (χ0v) is 20.1. The molecule has 2 bridgehead atoms. The molecule has 2 aliphatic rings. The second-order valence-corrected chi connectivity index (χ2v) is 10.1. The summed E-state index contributed by atoms with van der Waals surface area (Å²) < 4.78 is 19.2. The number of carbonyl (C=O) groups excluding carboxylic acids is 1. The van der Waals surface area contributed by atoms with Crippen LogP contribution in [0, 0.1) is 23.6 Å². The van der Waals surface area contributed by atoms with Gasteiger partial charge in [-0.2, -0.15) is 0 Å². The van der Waals surface area contributed by atoms with Gasteiger partial charge in [-0.05, 0) is 66.6 Å². The van der Waals surface area contributed by atoms with Crippen molar-refractivity contribution < 1.29 is 13.9 Å². The van der Waals surface area contributed by atoms with Crippen molar-refractivity contribution in [3.8, 4) is 5.75 Å². The number of urea groups is 1. The number of piperidine rings is 1. The van der Waals surface area contributed by atoms with Gasteiger partial charge in [-0.3, -0.25) is 0 Å². The second-order valence-electron chi connectivity index (χ2n) is 10.1. The first-order valence-electron chi connectivity index (χ1n) is 12.0. The summed E-state index contributed by atoms with van der Waals surface area (Å²) in [4.78, 5) is 17.8. The number of rotatable bonds is 8. The summed E-state index contributed by atoms with van der Waals surface area (Å²) in [5.41, 5.74) is 1.98. The van der Waals surface area contributed by atoms with Gasteiger partial charge in [0.05, 0.1) is 6.61 Å². The van der Waals surface area contributed by atoms with Crippen LogP contribution < -0.4 is 10.1 Å². The van der Waals surface area contributed by atoms with E-state index >= 15 is 0 Å². The second kappa shape index (κ2) is 10.1. The molecule has 4 atom stereocenters. The minimum Gasteiger partial charge on any atom is -0.493 e. The molecule has 0 spiro atoms. The van der Waals surface area contributed by atoms with E-state index in [1.807, 2.05) is 29.2 Å². The summed E-state index contributed by atoms with van der Waals surface area (Å²) >= 11 is 0. The smallest absolute Gasteiger partial charge is 0.318 e. The Balaban J connectivity index is 1.43. The molecule has 1 heterocycles. The van der Waals surface area contributed by atoms with Crippen LogP contribution in [0.3, 0.4) is 0 Å². The molecule has 0 aromatic heterocycles. The highest BCUT2D eigenvalue weighted by Gasteiger charge is 2.51. The number of benzene rings is 2. The molecule has 6 heteroatoms. The van der Waals surface area contributed by atoms with Gasteiger partial charge in [-0.1, -0.05) is 45.0 Å².